The fraction of sp³-hybridized carbons (Fsp3) is 0. The molecule has 0 saturated heterocycles. The Balaban J connectivity index is 1.38. The van der Waals surface area contributed by atoms with Gasteiger partial charge in [-0.25, -0.2) is 4.98 Å². The fourth-order valence-electron chi connectivity index (χ4n) is 3.24. The van der Waals surface area contributed by atoms with Gasteiger partial charge in [-0.15, -0.1) is 0 Å². The van der Waals surface area contributed by atoms with E-state index < -0.39 is 0 Å². The lowest BCUT2D eigenvalue weighted by Gasteiger charge is -2.09. The lowest BCUT2D eigenvalue weighted by atomic mass is 10.2. The molecule has 7 heteroatoms. The van der Waals surface area contributed by atoms with Crippen molar-refractivity contribution in [1.82, 2.24) is 19.5 Å². The van der Waals surface area contributed by atoms with Crippen molar-refractivity contribution in [2.24, 2.45) is 0 Å². The van der Waals surface area contributed by atoms with Gasteiger partial charge in [-0.2, -0.15) is 4.98 Å². The number of rotatable bonds is 5. The van der Waals surface area contributed by atoms with Crippen LogP contribution in [0, 0.1) is 0 Å². The first kappa shape index (κ1) is 17.7. The normalized spacial score (nSPS) is 10.8. The van der Waals surface area contributed by atoms with Gasteiger partial charge in [0.2, 0.25) is 11.8 Å². The van der Waals surface area contributed by atoms with Crippen molar-refractivity contribution < 1.29 is 4.74 Å². The highest BCUT2D eigenvalue weighted by molar-refractivity contribution is 5.83. The maximum atomic E-state index is 5.97. The van der Waals surface area contributed by atoms with Gasteiger partial charge in [0.05, 0.1) is 5.52 Å². The molecule has 0 aliphatic heterocycles. The topological polar surface area (TPSA) is 90.9 Å². The molecular formula is C23H18N6O. The summed E-state index contributed by atoms with van der Waals surface area (Å²) in [4.78, 5) is 12.7. The molecule has 0 unspecified atom stereocenters. The fourth-order valence-corrected chi connectivity index (χ4v) is 3.24. The molecule has 2 aromatic carbocycles. The van der Waals surface area contributed by atoms with Gasteiger partial charge < -0.3 is 20.4 Å². The van der Waals surface area contributed by atoms with Crippen LogP contribution in [0.2, 0.25) is 0 Å². The third kappa shape index (κ3) is 3.64. The Morgan fingerprint density at radius 2 is 1.80 bits per heavy atom. The van der Waals surface area contributed by atoms with E-state index in [1.165, 1.54) is 0 Å². The first-order valence-electron chi connectivity index (χ1n) is 9.40. The molecule has 146 valence electrons. The second-order valence-corrected chi connectivity index (χ2v) is 6.68. The smallest absolute Gasteiger partial charge is 0.230 e. The Morgan fingerprint density at radius 1 is 0.900 bits per heavy atom. The highest BCUT2D eigenvalue weighted by Gasteiger charge is 2.07. The molecule has 0 aliphatic rings. The monoisotopic (exact) mass is 394 g/mol. The SMILES string of the molecule is Nc1cccc(Nc2nccc(Oc3ccc4c(ccn4-c4ccncc4)c3)n2)c1. The number of hydrogen-bond donors (Lipinski definition) is 2. The standard InChI is InChI=1S/C23H18N6O/c24-17-2-1-3-18(15-17)27-23-26-12-8-22(28-23)30-20-4-5-21-16(14-20)9-13-29(21)19-6-10-25-11-7-19/h1-15H,24H2,(H,26,27,28). The third-order valence-corrected chi connectivity index (χ3v) is 4.60. The molecule has 0 aliphatic carbocycles. The minimum atomic E-state index is 0.433. The summed E-state index contributed by atoms with van der Waals surface area (Å²) in [6, 6.07) is 21.1. The number of nitrogen functional groups attached to an aromatic ring is 1. The lowest BCUT2D eigenvalue weighted by Crippen LogP contribution is -1.99. The van der Waals surface area contributed by atoms with Crippen molar-refractivity contribution in [2.45, 2.75) is 0 Å². The second-order valence-electron chi connectivity index (χ2n) is 6.68. The number of nitrogens with zero attached hydrogens (tertiary/aromatic N) is 4. The van der Waals surface area contributed by atoms with Crippen molar-refractivity contribution in [2.75, 3.05) is 11.1 Å². The van der Waals surface area contributed by atoms with Crippen molar-refractivity contribution in [3.05, 3.63) is 91.5 Å². The van der Waals surface area contributed by atoms with Crippen molar-refractivity contribution >= 4 is 28.2 Å². The third-order valence-electron chi connectivity index (χ3n) is 4.60. The van der Waals surface area contributed by atoms with Gasteiger partial charge in [0.15, 0.2) is 0 Å². The van der Waals surface area contributed by atoms with Crippen LogP contribution in [-0.2, 0) is 0 Å². The number of anilines is 3. The van der Waals surface area contributed by atoms with Crippen LogP contribution < -0.4 is 15.8 Å². The summed E-state index contributed by atoms with van der Waals surface area (Å²) in [5.74, 6) is 1.58. The molecule has 0 amide bonds. The number of fused-ring (bicyclic) bond motifs is 1. The number of benzene rings is 2. The maximum Gasteiger partial charge on any atom is 0.230 e. The molecule has 0 spiro atoms. The predicted molar refractivity (Wildman–Crippen MR) is 117 cm³/mol. The Labute approximate surface area is 172 Å². The minimum Gasteiger partial charge on any atom is -0.439 e. The lowest BCUT2D eigenvalue weighted by molar-refractivity contribution is 0.463. The minimum absolute atomic E-state index is 0.433. The second kappa shape index (κ2) is 7.56. The molecule has 3 N–H and O–H groups in total. The van der Waals surface area contributed by atoms with Gasteiger partial charge in [0, 0.05) is 53.3 Å². The van der Waals surface area contributed by atoms with E-state index in [4.69, 9.17) is 10.5 Å². The number of pyridine rings is 1. The molecule has 0 fully saturated rings. The summed E-state index contributed by atoms with van der Waals surface area (Å²) in [6.07, 6.45) is 7.24. The van der Waals surface area contributed by atoms with Crippen LogP contribution in [0.15, 0.2) is 91.5 Å². The van der Waals surface area contributed by atoms with Crippen LogP contribution in [-0.4, -0.2) is 19.5 Å². The average Bonchev–Trinajstić information content (AvgIpc) is 3.18. The van der Waals surface area contributed by atoms with E-state index >= 15 is 0 Å². The molecular weight excluding hydrogens is 376 g/mol. The van der Waals surface area contributed by atoms with Gasteiger partial charge in [-0.3, -0.25) is 4.98 Å². The largest absolute Gasteiger partial charge is 0.439 e. The van der Waals surface area contributed by atoms with Crippen LogP contribution in [0.5, 0.6) is 11.6 Å². The molecule has 7 nitrogen and oxygen atoms in total. The molecule has 0 atom stereocenters. The van der Waals surface area contributed by atoms with Crippen LogP contribution >= 0.6 is 0 Å². The highest BCUT2D eigenvalue weighted by Crippen LogP contribution is 2.27. The van der Waals surface area contributed by atoms with E-state index in [-0.39, 0.29) is 0 Å². The van der Waals surface area contributed by atoms with Crippen molar-refractivity contribution in [1.29, 1.82) is 0 Å². The Kier molecular flexibility index (Phi) is 4.46. The number of aromatic nitrogens is 4. The molecule has 5 aromatic rings. The summed E-state index contributed by atoms with van der Waals surface area (Å²) < 4.78 is 8.08. The van der Waals surface area contributed by atoms with Gasteiger partial charge in [-0.1, -0.05) is 6.07 Å². The molecule has 0 saturated carbocycles. The van der Waals surface area contributed by atoms with E-state index in [9.17, 15) is 0 Å². The average molecular weight is 394 g/mol. The van der Waals surface area contributed by atoms with Crippen molar-refractivity contribution in [3.8, 4) is 17.3 Å². The van der Waals surface area contributed by atoms with E-state index in [2.05, 4.69) is 30.9 Å². The van der Waals surface area contributed by atoms with Gasteiger partial charge in [0.1, 0.15) is 5.75 Å². The number of ether oxygens (including phenoxy) is 1. The molecule has 0 bridgehead atoms. The Morgan fingerprint density at radius 3 is 2.67 bits per heavy atom. The zero-order chi connectivity index (χ0) is 20.3. The van der Waals surface area contributed by atoms with Crippen LogP contribution in [0.1, 0.15) is 0 Å². The quantitative estimate of drug-likeness (QED) is 0.411. The van der Waals surface area contributed by atoms with Gasteiger partial charge >= 0.3 is 0 Å². The number of nitrogens with two attached hydrogens (primary N) is 1. The molecule has 0 radical (unpaired) electrons. The first-order chi connectivity index (χ1) is 14.7. The van der Waals surface area contributed by atoms with Crippen LogP contribution in [0.3, 0.4) is 0 Å². The zero-order valence-corrected chi connectivity index (χ0v) is 15.9. The van der Waals surface area contributed by atoms with E-state index in [1.54, 1.807) is 24.7 Å². The summed E-state index contributed by atoms with van der Waals surface area (Å²) in [5.41, 5.74) is 9.44. The predicted octanol–water partition coefficient (Wildman–Crippen LogP) is 4.93. The van der Waals surface area contributed by atoms with E-state index in [1.807, 2.05) is 60.8 Å². The van der Waals surface area contributed by atoms with Crippen LogP contribution in [0.25, 0.3) is 16.6 Å². The summed E-state index contributed by atoms with van der Waals surface area (Å²) in [6.45, 7) is 0. The van der Waals surface area contributed by atoms with Crippen molar-refractivity contribution in [3.63, 3.8) is 0 Å². The van der Waals surface area contributed by atoms with Gasteiger partial charge in [-0.05, 0) is 54.6 Å². The van der Waals surface area contributed by atoms with E-state index in [0.717, 1.165) is 22.3 Å². The summed E-state index contributed by atoms with van der Waals surface area (Å²) >= 11 is 0. The summed E-state index contributed by atoms with van der Waals surface area (Å²) in [7, 11) is 0. The highest BCUT2D eigenvalue weighted by atomic mass is 16.5. The molecule has 5 rings (SSSR count). The zero-order valence-electron chi connectivity index (χ0n) is 15.9. The first-order valence-corrected chi connectivity index (χ1v) is 9.40. The Bertz CT molecular complexity index is 1320. The molecule has 3 heterocycles. The van der Waals surface area contributed by atoms with Crippen LogP contribution in [0.4, 0.5) is 17.3 Å². The van der Waals surface area contributed by atoms with E-state index in [0.29, 0.717) is 23.3 Å². The number of hydrogen-bond acceptors (Lipinski definition) is 6. The number of nitrogens with one attached hydrogen (secondary N) is 1. The molecule has 30 heavy (non-hydrogen) atoms. The van der Waals surface area contributed by atoms with Gasteiger partial charge in [0.25, 0.3) is 0 Å². The maximum absolute atomic E-state index is 5.97. The summed E-state index contributed by atoms with van der Waals surface area (Å²) in [5, 5.41) is 4.20. The Hall–Kier alpha value is -4.39. The molecule has 3 aromatic heterocycles.